The van der Waals surface area contributed by atoms with Gasteiger partial charge in [0.25, 0.3) is 0 Å². The lowest BCUT2D eigenvalue weighted by Crippen LogP contribution is -2.11. The number of ether oxygens (including phenoxy) is 2. The maximum atomic E-state index is 13.4. The van der Waals surface area contributed by atoms with Gasteiger partial charge in [-0.05, 0) is 29.8 Å². The molecule has 0 radical (unpaired) electrons. The third kappa shape index (κ3) is 3.41. The summed E-state index contributed by atoms with van der Waals surface area (Å²) in [5.41, 5.74) is 2.28. The van der Waals surface area contributed by atoms with E-state index >= 15 is 0 Å². The van der Waals surface area contributed by atoms with Crippen molar-refractivity contribution in [2.45, 2.75) is 6.54 Å². The topological polar surface area (TPSA) is 87.0 Å². The van der Waals surface area contributed by atoms with Crippen LogP contribution >= 0.6 is 0 Å². The molecule has 0 spiro atoms. The van der Waals surface area contributed by atoms with E-state index in [9.17, 15) is 4.39 Å². The van der Waals surface area contributed by atoms with Gasteiger partial charge < -0.3 is 14.8 Å². The smallest absolute Gasteiger partial charge is 0.322 e. The van der Waals surface area contributed by atoms with E-state index in [0.717, 1.165) is 16.6 Å². The van der Waals surface area contributed by atoms with E-state index in [1.165, 1.54) is 26.4 Å². The minimum atomic E-state index is -0.303. The second-order valence-corrected chi connectivity index (χ2v) is 5.85. The van der Waals surface area contributed by atoms with Crippen LogP contribution in [-0.2, 0) is 6.54 Å². The summed E-state index contributed by atoms with van der Waals surface area (Å²) in [6.07, 6.45) is 0. The van der Waals surface area contributed by atoms with Crippen LogP contribution in [0.1, 0.15) is 5.56 Å². The van der Waals surface area contributed by atoms with Crippen molar-refractivity contribution >= 4 is 17.0 Å². The summed E-state index contributed by atoms with van der Waals surface area (Å²) >= 11 is 0. The molecule has 0 atom stereocenters. The van der Waals surface area contributed by atoms with Crippen molar-refractivity contribution in [3.8, 4) is 18.0 Å². The van der Waals surface area contributed by atoms with Gasteiger partial charge in [-0.1, -0.05) is 24.3 Å². The van der Waals surface area contributed by atoms with Gasteiger partial charge in [0.15, 0.2) is 0 Å². The molecule has 4 rings (SSSR count). The Kier molecular flexibility index (Phi) is 4.71. The summed E-state index contributed by atoms with van der Waals surface area (Å²) in [5, 5.41) is 3.07. The van der Waals surface area contributed by atoms with Crippen LogP contribution in [0.25, 0.3) is 17.0 Å². The van der Waals surface area contributed by atoms with Crippen LogP contribution in [0.3, 0.4) is 0 Å². The molecule has 142 valence electrons. The monoisotopic (exact) mass is 380 g/mol. The van der Waals surface area contributed by atoms with E-state index in [2.05, 4.69) is 25.3 Å². The zero-order valence-electron chi connectivity index (χ0n) is 15.3. The highest BCUT2D eigenvalue weighted by atomic mass is 19.1. The van der Waals surface area contributed by atoms with Gasteiger partial charge in [-0.3, -0.25) is 0 Å². The molecule has 1 N–H and O–H groups in total. The number of aromatic nitrogens is 5. The number of fused-ring (bicyclic) bond motifs is 1. The molecule has 0 aliphatic rings. The molecule has 4 aromatic rings. The van der Waals surface area contributed by atoms with E-state index in [1.54, 1.807) is 10.6 Å². The first-order valence-electron chi connectivity index (χ1n) is 8.48. The van der Waals surface area contributed by atoms with E-state index in [4.69, 9.17) is 9.47 Å². The minimum absolute atomic E-state index is 0.131. The Hall–Kier alpha value is -3.75. The van der Waals surface area contributed by atoms with Gasteiger partial charge in [-0.2, -0.15) is 19.9 Å². The van der Waals surface area contributed by atoms with Crippen molar-refractivity contribution in [2.75, 3.05) is 19.5 Å². The third-order valence-corrected chi connectivity index (χ3v) is 4.04. The second-order valence-electron chi connectivity index (χ2n) is 5.85. The van der Waals surface area contributed by atoms with E-state index in [-0.39, 0.29) is 17.8 Å². The van der Waals surface area contributed by atoms with E-state index in [1.807, 2.05) is 30.3 Å². The summed E-state index contributed by atoms with van der Waals surface area (Å²) in [7, 11) is 3.00. The van der Waals surface area contributed by atoms with Gasteiger partial charge in [0.2, 0.25) is 11.9 Å². The van der Waals surface area contributed by atoms with Crippen molar-refractivity contribution in [1.82, 2.24) is 24.5 Å². The van der Waals surface area contributed by atoms with Gasteiger partial charge in [0, 0.05) is 6.54 Å². The quantitative estimate of drug-likeness (QED) is 0.550. The molecule has 0 unspecified atom stereocenters. The number of halogens is 1. The Morgan fingerprint density at radius 2 is 1.82 bits per heavy atom. The van der Waals surface area contributed by atoms with Crippen molar-refractivity contribution in [2.24, 2.45) is 0 Å². The first kappa shape index (κ1) is 17.7. The Balaban J connectivity index is 1.73. The van der Waals surface area contributed by atoms with Crippen molar-refractivity contribution in [3.05, 3.63) is 59.9 Å². The first-order valence-corrected chi connectivity index (χ1v) is 8.48. The number of methoxy groups -OCH3 is 2. The molecule has 2 aromatic heterocycles. The average Bonchev–Trinajstić information content (AvgIpc) is 3.11. The third-order valence-electron chi connectivity index (χ3n) is 4.04. The number of rotatable bonds is 6. The van der Waals surface area contributed by atoms with Gasteiger partial charge in [0.1, 0.15) is 5.82 Å². The number of imidazole rings is 1. The van der Waals surface area contributed by atoms with Crippen molar-refractivity contribution in [3.63, 3.8) is 0 Å². The van der Waals surface area contributed by atoms with Gasteiger partial charge in [-0.25, -0.2) is 8.96 Å². The van der Waals surface area contributed by atoms with Crippen LogP contribution in [0, 0.1) is 5.82 Å². The number of anilines is 1. The van der Waals surface area contributed by atoms with Gasteiger partial charge >= 0.3 is 12.0 Å². The molecule has 0 amide bonds. The summed E-state index contributed by atoms with van der Waals surface area (Å²) in [5.74, 6) is 0.271. The molecule has 0 aliphatic carbocycles. The maximum Gasteiger partial charge on any atom is 0.322 e. The lowest BCUT2D eigenvalue weighted by atomic mass is 10.2. The molecule has 0 fully saturated rings. The molecule has 2 heterocycles. The van der Waals surface area contributed by atoms with Crippen LogP contribution < -0.4 is 14.8 Å². The molecular formula is C19H17FN6O2. The summed E-state index contributed by atoms with van der Waals surface area (Å²) in [6.45, 7) is 0.339. The number of para-hydroxylation sites is 2. The molecule has 0 aliphatic heterocycles. The predicted molar refractivity (Wildman–Crippen MR) is 101 cm³/mol. The molecule has 0 saturated carbocycles. The highest BCUT2D eigenvalue weighted by molar-refractivity contribution is 5.78. The second kappa shape index (κ2) is 7.47. The Bertz CT molecular complexity index is 1130. The first-order chi connectivity index (χ1) is 13.7. The Morgan fingerprint density at radius 3 is 2.61 bits per heavy atom. The SMILES string of the molecule is COc1nc(NCc2cccc(F)c2)nc(-n2c(OC)nc3ccccc32)n1. The molecule has 28 heavy (non-hydrogen) atoms. The molecule has 9 heteroatoms. The number of benzene rings is 2. The van der Waals surface area contributed by atoms with Crippen LogP contribution in [0.4, 0.5) is 10.3 Å². The summed E-state index contributed by atoms with van der Waals surface area (Å²) < 4.78 is 25.7. The normalized spacial score (nSPS) is 10.8. The largest absolute Gasteiger partial charge is 0.468 e. The fraction of sp³-hybridized carbons (Fsp3) is 0.158. The maximum absolute atomic E-state index is 13.4. The highest BCUT2D eigenvalue weighted by Crippen LogP contribution is 2.25. The Morgan fingerprint density at radius 1 is 0.964 bits per heavy atom. The fourth-order valence-corrected chi connectivity index (χ4v) is 2.78. The molecular weight excluding hydrogens is 363 g/mol. The van der Waals surface area contributed by atoms with Crippen molar-refractivity contribution < 1.29 is 13.9 Å². The molecule has 2 aromatic carbocycles. The molecule has 0 bridgehead atoms. The fourth-order valence-electron chi connectivity index (χ4n) is 2.78. The van der Waals surface area contributed by atoms with E-state index in [0.29, 0.717) is 18.5 Å². The minimum Gasteiger partial charge on any atom is -0.468 e. The zero-order valence-corrected chi connectivity index (χ0v) is 15.3. The summed E-state index contributed by atoms with van der Waals surface area (Å²) in [6, 6.07) is 14.3. The highest BCUT2D eigenvalue weighted by Gasteiger charge is 2.17. The van der Waals surface area contributed by atoms with Crippen molar-refractivity contribution in [1.29, 1.82) is 0 Å². The van der Waals surface area contributed by atoms with E-state index < -0.39 is 0 Å². The number of hydrogen-bond acceptors (Lipinski definition) is 7. The molecule has 8 nitrogen and oxygen atoms in total. The van der Waals surface area contributed by atoms with Crippen LogP contribution in [0.15, 0.2) is 48.5 Å². The van der Waals surface area contributed by atoms with Gasteiger partial charge in [-0.15, -0.1) is 0 Å². The summed E-state index contributed by atoms with van der Waals surface area (Å²) in [4.78, 5) is 17.4. The predicted octanol–water partition coefficient (Wildman–Crippen LogP) is 2.98. The standard InChI is InChI=1S/C19H17FN6O2/c1-27-18-24-16(21-11-12-6-5-7-13(20)10-12)23-17(25-18)26-15-9-4-3-8-14(15)22-19(26)28-2/h3-10H,11H2,1-2H3,(H,21,23,24,25). The number of nitrogens with zero attached hydrogens (tertiary/aromatic N) is 5. The number of hydrogen-bond donors (Lipinski definition) is 1. The lowest BCUT2D eigenvalue weighted by Gasteiger charge is -2.10. The van der Waals surface area contributed by atoms with Crippen LogP contribution in [0.5, 0.6) is 12.0 Å². The number of nitrogens with one attached hydrogen (secondary N) is 1. The van der Waals surface area contributed by atoms with Gasteiger partial charge in [0.05, 0.1) is 25.3 Å². The van der Waals surface area contributed by atoms with Crippen LogP contribution in [-0.4, -0.2) is 38.7 Å². The zero-order chi connectivity index (χ0) is 19.5. The van der Waals surface area contributed by atoms with Crippen LogP contribution in [0.2, 0.25) is 0 Å². The Labute approximate surface area is 160 Å². The lowest BCUT2D eigenvalue weighted by molar-refractivity contribution is 0.366. The molecule has 0 saturated heterocycles. The average molecular weight is 380 g/mol.